The standard InChI is InChI=1S/C16H28O/c1-10-6-7-11-14(2,3)12-8-16(10,11)9-13(17)15(12,4)5/h10-13,17H,6-9H2,1-5H3/t10-,11+,12-,13-,16-/m1/s1. The third kappa shape index (κ3) is 1.20. The van der Waals surface area contributed by atoms with E-state index >= 15 is 0 Å². The predicted octanol–water partition coefficient (Wildman–Crippen LogP) is 3.86. The minimum Gasteiger partial charge on any atom is -0.393 e. The van der Waals surface area contributed by atoms with E-state index in [1.807, 2.05) is 0 Å². The summed E-state index contributed by atoms with van der Waals surface area (Å²) in [6, 6.07) is 0. The highest BCUT2D eigenvalue weighted by Gasteiger charge is 2.69. The van der Waals surface area contributed by atoms with Gasteiger partial charge in [-0.25, -0.2) is 0 Å². The highest BCUT2D eigenvalue weighted by atomic mass is 16.3. The number of hydrogen-bond acceptors (Lipinski definition) is 1. The molecule has 3 rings (SSSR count). The molecule has 3 fully saturated rings. The van der Waals surface area contributed by atoms with Crippen LogP contribution in [0.3, 0.4) is 0 Å². The van der Waals surface area contributed by atoms with E-state index in [9.17, 15) is 5.11 Å². The topological polar surface area (TPSA) is 20.2 Å². The van der Waals surface area contributed by atoms with Crippen LogP contribution in [0.1, 0.15) is 60.3 Å². The second kappa shape index (κ2) is 3.10. The van der Waals surface area contributed by atoms with Crippen molar-refractivity contribution in [3.63, 3.8) is 0 Å². The zero-order valence-corrected chi connectivity index (χ0v) is 12.1. The Hall–Kier alpha value is -0.0400. The number of fused-ring (bicyclic) bond motifs is 1. The van der Waals surface area contributed by atoms with Crippen molar-refractivity contribution >= 4 is 0 Å². The fourth-order valence-electron chi connectivity index (χ4n) is 6.18. The highest BCUT2D eigenvalue weighted by Crippen LogP contribution is 2.74. The summed E-state index contributed by atoms with van der Waals surface area (Å²) < 4.78 is 0. The van der Waals surface area contributed by atoms with E-state index in [0.29, 0.717) is 16.7 Å². The van der Waals surface area contributed by atoms with Crippen LogP contribution in [0.2, 0.25) is 0 Å². The molecule has 0 radical (unpaired) electrons. The van der Waals surface area contributed by atoms with Crippen LogP contribution in [-0.2, 0) is 0 Å². The molecule has 1 N–H and O–H groups in total. The summed E-state index contributed by atoms with van der Waals surface area (Å²) >= 11 is 0. The molecular weight excluding hydrogens is 208 g/mol. The molecule has 2 bridgehead atoms. The van der Waals surface area contributed by atoms with E-state index in [1.54, 1.807) is 0 Å². The molecule has 3 aliphatic rings. The van der Waals surface area contributed by atoms with E-state index in [-0.39, 0.29) is 11.5 Å². The minimum atomic E-state index is -0.0916. The first-order valence-corrected chi connectivity index (χ1v) is 7.41. The molecule has 98 valence electrons. The third-order valence-corrected chi connectivity index (χ3v) is 7.27. The van der Waals surface area contributed by atoms with Gasteiger partial charge < -0.3 is 5.11 Å². The molecule has 17 heavy (non-hydrogen) atoms. The number of hydrogen-bond donors (Lipinski definition) is 1. The molecule has 3 aliphatic carbocycles. The van der Waals surface area contributed by atoms with Gasteiger partial charge in [-0.2, -0.15) is 0 Å². The molecule has 0 saturated heterocycles. The Morgan fingerprint density at radius 3 is 2.18 bits per heavy atom. The van der Waals surface area contributed by atoms with Crippen molar-refractivity contribution in [3.05, 3.63) is 0 Å². The molecule has 5 atom stereocenters. The van der Waals surface area contributed by atoms with Crippen LogP contribution in [0.25, 0.3) is 0 Å². The average molecular weight is 236 g/mol. The van der Waals surface area contributed by atoms with Gasteiger partial charge in [-0.3, -0.25) is 0 Å². The molecule has 1 spiro atoms. The quantitative estimate of drug-likeness (QED) is 0.677. The summed E-state index contributed by atoms with van der Waals surface area (Å²) in [5, 5.41) is 10.6. The first-order chi connectivity index (χ1) is 7.73. The Kier molecular flexibility index (Phi) is 2.19. The van der Waals surface area contributed by atoms with Crippen LogP contribution < -0.4 is 0 Å². The molecule has 1 heteroatoms. The van der Waals surface area contributed by atoms with E-state index < -0.39 is 0 Å². The molecule has 0 amide bonds. The van der Waals surface area contributed by atoms with Gasteiger partial charge in [-0.15, -0.1) is 0 Å². The van der Waals surface area contributed by atoms with Crippen molar-refractivity contribution in [1.82, 2.24) is 0 Å². The first kappa shape index (κ1) is 12.0. The van der Waals surface area contributed by atoms with Crippen molar-refractivity contribution in [2.75, 3.05) is 0 Å². The second-order valence-electron chi connectivity index (χ2n) is 8.38. The van der Waals surface area contributed by atoms with Crippen molar-refractivity contribution in [1.29, 1.82) is 0 Å². The average Bonchev–Trinajstić information content (AvgIpc) is 2.61. The van der Waals surface area contributed by atoms with Gasteiger partial charge in [0, 0.05) is 0 Å². The van der Waals surface area contributed by atoms with Gasteiger partial charge in [0.2, 0.25) is 0 Å². The Morgan fingerprint density at radius 2 is 1.53 bits per heavy atom. The zero-order chi connectivity index (χ0) is 12.6. The summed E-state index contributed by atoms with van der Waals surface area (Å²) in [4.78, 5) is 0. The van der Waals surface area contributed by atoms with Crippen LogP contribution in [0, 0.1) is 34.0 Å². The lowest BCUT2D eigenvalue weighted by Gasteiger charge is -2.48. The summed E-state index contributed by atoms with van der Waals surface area (Å²) in [5.74, 6) is 2.38. The first-order valence-electron chi connectivity index (χ1n) is 7.41. The number of aliphatic hydroxyl groups excluding tert-OH is 1. The summed E-state index contributed by atoms with van der Waals surface area (Å²) in [6.45, 7) is 12.0. The lowest BCUT2D eigenvalue weighted by atomic mass is 9.58. The number of rotatable bonds is 0. The van der Waals surface area contributed by atoms with Crippen LogP contribution in [-0.4, -0.2) is 11.2 Å². The van der Waals surface area contributed by atoms with E-state index in [1.165, 1.54) is 19.3 Å². The molecule has 0 aromatic carbocycles. The minimum absolute atomic E-state index is 0.0916. The largest absolute Gasteiger partial charge is 0.393 e. The van der Waals surface area contributed by atoms with E-state index in [2.05, 4.69) is 34.6 Å². The maximum absolute atomic E-state index is 10.6. The third-order valence-electron chi connectivity index (χ3n) is 7.27. The molecule has 0 aromatic heterocycles. The molecule has 0 aromatic rings. The zero-order valence-electron chi connectivity index (χ0n) is 12.1. The fraction of sp³-hybridized carbons (Fsp3) is 1.00. The van der Waals surface area contributed by atoms with Crippen molar-refractivity contribution < 1.29 is 5.11 Å². The summed E-state index contributed by atoms with van der Waals surface area (Å²) in [6.07, 6.45) is 5.12. The normalized spacial score (nSPS) is 54.7. The molecule has 0 heterocycles. The monoisotopic (exact) mass is 236 g/mol. The molecule has 1 nitrogen and oxygen atoms in total. The van der Waals surface area contributed by atoms with Gasteiger partial charge in [0.25, 0.3) is 0 Å². The van der Waals surface area contributed by atoms with Crippen LogP contribution in [0.5, 0.6) is 0 Å². The molecule has 3 saturated carbocycles. The SMILES string of the molecule is C[C@@H]1CC[C@H]2C(C)(C)[C@H]3C[C@@]12C[C@@H](O)C3(C)C. The number of aliphatic hydroxyl groups is 1. The van der Waals surface area contributed by atoms with Crippen molar-refractivity contribution in [2.45, 2.75) is 66.4 Å². The van der Waals surface area contributed by atoms with Crippen LogP contribution in [0.15, 0.2) is 0 Å². The Balaban J connectivity index is 2.10. The van der Waals surface area contributed by atoms with Gasteiger partial charge in [-0.05, 0) is 59.7 Å². The van der Waals surface area contributed by atoms with Crippen molar-refractivity contribution in [3.8, 4) is 0 Å². The summed E-state index contributed by atoms with van der Waals surface area (Å²) in [5.41, 5.74) is 1.01. The van der Waals surface area contributed by atoms with Crippen LogP contribution >= 0.6 is 0 Å². The van der Waals surface area contributed by atoms with E-state index in [0.717, 1.165) is 18.3 Å². The van der Waals surface area contributed by atoms with Gasteiger partial charge in [0.15, 0.2) is 0 Å². The maximum atomic E-state index is 10.6. The van der Waals surface area contributed by atoms with Gasteiger partial charge in [-0.1, -0.05) is 34.6 Å². The lowest BCUT2D eigenvalue weighted by Crippen LogP contribution is -2.46. The highest BCUT2D eigenvalue weighted by molar-refractivity contribution is 5.17. The predicted molar refractivity (Wildman–Crippen MR) is 70.6 cm³/mol. The smallest absolute Gasteiger partial charge is 0.0599 e. The van der Waals surface area contributed by atoms with Crippen LogP contribution in [0.4, 0.5) is 0 Å². The maximum Gasteiger partial charge on any atom is 0.0599 e. The van der Waals surface area contributed by atoms with Crippen molar-refractivity contribution in [2.24, 2.45) is 34.0 Å². The molecule has 0 unspecified atom stereocenters. The van der Waals surface area contributed by atoms with Gasteiger partial charge >= 0.3 is 0 Å². The Bertz CT molecular complexity index is 343. The molecule has 0 aliphatic heterocycles. The van der Waals surface area contributed by atoms with E-state index in [4.69, 9.17) is 0 Å². The van der Waals surface area contributed by atoms with Gasteiger partial charge in [0.05, 0.1) is 6.10 Å². The fourth-order valence-corrected chi connectivity index (χ4v) is 6.18. The Morgan fingerprint density at radius 1 is 0.882 bits per heavy atom. The van der Waals surface area contributed by atoms with Gasteiger partial charge in [0.1, 0.15) is 0 Å². The Labute approximate surface area is 106 Å². The molecular formula is C16H28O. The summed E-state index contributed by atoms with van der Waals surface area (Å²) in [7, 11) is 0. The second-order valence-corrected chi connectivity index (χ2v) is 8.38. The lowest BCUT2D eigenvalue weighted by molar-refractivity contribution is -0.0770.